The van der Waals surface area contributed by atoms with Crippen molar-refractivity contribution >= 4 is 23.2 Å². The van der Waals surface area contributed by atoms with Gasteiger partial charge in [0.1, 0.15) is 18.9 Å². The third-order valence-corrected chi connectivity index (χ3v) is 5.46. The van der Waals surface area contributed by atoms with Crippen molar-refractivity contribution in [3.05, 3.63) is 89.4 Å². The second-order valence-corrected chi connectivity index (χ2v) is 7.50. The fraction of sp³-hybridized carbons (Fsp3) is 0.130. The van der Waals surface area contributed by atoms with E-state index in [2.05, 4.69) is 15.4 Å². The Morgan fingerprint density at radius 2 is 1.74 bits per heavy atom. The van der Waals surface area contributed by atoms with Gasteiger partial charge in [0.25, 0.3) is 5.91 Å². The number of benzene rings is 3. The number of anilines is 1. The van der Waals surface area contributed by atoms with E-state index in [0.717, 1.165) is 11.3 Å². The number of amides is 1. The highest BCUT2D eigenvalue weighted by atomic mass is 35.5. The smallest absolute Gasteiger partial charge is 0.251 e. The summed E-state index contributed by atoms with van der Waals surface area (Å²) in [5.41, 5.74) is 2.38. The van der Waals surface area contributed by atoms with E-state index in [1.807, 2.05) is 72.8 Å². The molecule has 3 aromatic carbocycles. The van der Waals surface area contributed by atoms with E-state index in [0.29, 0.717) is 28.8 Å². The summed E-state index contributed by atoms with van der Waals surface area (Å²) in [5.74, 6) is 0.888. The first-order valence-corrected chi connectivity index (χ1v) is 10.2. The summed E-state index contributed by atoms with van der Waals surface area (Å²) < 4.78 is 5.94. The van der Waals surface area contributed by atoms with E-state index < -0.39 is 0 Å². The van der Waals surface area contributed by atoms with Crippen molar-refractivity contribution in [2.75, 3.05) is 11.5 Å². The van der Waals surface area contributed by atoms with Gasteiger partial charge in [-0.3, -0.25) is 9.69 Å². The zero-order chi connectivity index (χ0) is 21.2. The second kappa shape index (κ2) is 8.20. The Hall–Kier alpha value is -3.71. The normalized spacial score (nSPS) is 15.3. The highest BCUT2D eigenvalue weighted by Crippen LogP contribution is 2.39. The molecular weight excluding hydrogens is 414 g/mol. The molecule has 154 valence electrons. The fourth-order valence-corrected chi connectivity index (χ4v) is 3.90. The number of hydrogen-bond donors (Lipinski definition) is 0. The standard InChI is InChI=1S/C23H18ClN5O2/c24-18-11-5-4-10-17(18)23-25-27-28(26-23)14-22(30)29-19-12-6-7-13-21(19)31-15-20(29)16-8-2-1-3-9-16/h1-13,20H,14-15H2. The molecular formula is C23H18ClN5O2. The Balaban J connectivity index is 1.46. The summed E-state index contributed by atoms with van der Waals surface area (Å²) in [5, 5.41) is 13.0. The molecule has 5 rings (SSSR count). The van der Waals surface area contributed by atoms with E-state index in [-0.39, 0.29) is 18.5 Å². The van der Waals surface area contributed by atoms with Crippen LogP contribution in [0.25, 0.3) is 11.4 Å². The highest BCUT2D eigenvalue weighted by molar-refractivity contribution is 6.33. The van der Waals surface area contributed by atoms with Crippen LogP contribution in [0.3, 0.4) is 0 Å². The average molecular weight is 432 g/mol. The number of fused-ring (bicyclic) bond motifs is 1. The van der Waals surface area contributed by atoms with Crippen molar-refractivity contribution in [1.29, 1.82) is 0 Å². The highest BCUT2D eigenvalue weighted by Gasteiger charge is 2.33. The van der Waals surface area contributed by atoms with Crippen LogP contribution in [0.5, 0.6) is 5.75 Å². The number of nitrogens with zero attached hydrogens (tertiary/aromatic N) is 5. The maximum Gasteiger partial charge on any atom is 0.251 e. The first kappa shape index (κ1) is 19.3. The molecule has 31 heavy (non-hydrogen) atoms. The summed E-state index contributed by atoms with van der Waals surface area (Å²) >= 11 is 6.23. The molecule has 1 aromatic heterocycles. The number of carbonyl (C=O) groups excluding carboxylic acids is 1. The number of tetrazole rings is 1. The molecule has 0 spiro atoms. The van der Waals surface area contributed by atoms with Crippen LogP contribution in [-0.4, -0.2) is 32.7 Å². The van der Waals surface area contributed by atoms with Gasteiger partial charge in [0.2, 0.25) is 5.82 Å². The molecule has 2 heterocycles. The number of aromatic nitrogens is 4. The summed E-state index contributed by atoms with van der Waals surface area (Å²) in [4.78, 5) is 16.5. The van der Waals surface area contributed by atoms with Gasteiger partial charge in [0.15, 0.2) is 0 Å². The fourth-order valence-electron chi connectivity index (χ4n) is 3.68. The van der Waals surface area contributed by atoms with Crippen LogP contribution in [0.1, 0.15) is 11.6 Å². The van der Waals surface area contributed by atoms with Gasteiger partial charge in [-0.25, -0.2) is 0 Å². The molecule has 1 aliphatic rings. The third-order valence-electron chi connectivity index (χ3n) is 5.13. The molecule has 0 saturated carbocycles. The van der Waals surface area contributed by atoms with E-state index in [4.69, 9.17) is 16.3 Å². The third kappa shape index (κ3) is 3.75. The van der Waals surface area contributed by atoms with Crippen molar-refractivity contribution < 1.29 is 9.53 Å². The monoisotopic (exact) mass is 431 g/mol. The summed E-state index contributed by atoms with van der Waals surface area (Å²) in [6, 6.07) is 24.4. The first-order valence-electron chi connectivity index (χ1n) is 9.82. The molecule has 4 aromatic rings. The maximum atomic E-state index is 13.4. The van der Waals surface area contributed by atoms with Crippen LogP contribution in [0, 0.1) is 0 Å². The Morgan fingerprint density at radius 1 is 1.00 bits per heavy atom. The minimum absolute atomic E-state index is 0.0604. The van der Waals surface area contributed by atoms with Crippen LogP contribution in [0.4, 0.5) is 5.69 Å². The lowest BCUT2D eigenvalue weighted by Crippen LogP contribution is -2.43. The second-order valence-electron chi connectivity index (χ2n) is 7.09. The Kier molecular flexibility index (Phi) is 5.09. The molecule has 0 bridgehead atoms. The van der Waals surface area contributed by atoms with Crippen LogP contribution in [0.15, 0.2) is 78.9 Å². The number of halogens is 1. The Morgan fingerprint density at radius 3 is 2.58 bits per heavy atom. The zero-order valence-electron chi connectivity index (χ0n) is 16.4. The topological polar surface area (TPSA) is 73.1 Å². The van der Waals surface area contributed by atoms with Crippen molar-refractivity contribution in [2.45, 2.75) is 12.6 Å². The van der Waals surface area contributed by atoms with E-state index in [1.165, 1.54) is 4.80 Å². The van der Waals surface area contributed by atoms with E-state index >= 15 is 0 Å². The molecule has 0 N–H and O–H groups in total. The number of hydrogen-bond acceptors (Lipinski definition) is 5. The summed E-state index contributed by atoms with van der Waals surface area (Å²) in [7, 11) is 0. The quantitative estimate of drug-likeness (QED) is 0.485. The molecule has 0 fully saturated rings. The minimum Gasteiger partial charge on any atom is -0.489 e. The van der Waals surface area contributed by atoms with Gasteiger partial charge in [-0.05, 0) is 35.0 Å². The molecule has 1 atom stereocenters. The van der Waals surface area contributed by atoms with Gasteiger partial charge in [0.05, 0.1) is 16.8 Å². The molecule has 1 amide bonds. The van der Waals surface area contributed by atoms with E-state index in [1.54, 1.807) is 11.0 Å². The number of rotatable bonds is 4. The molecule has 1 aliphatic heterocycles. The molecule has 0 radical (unpaired) electrons. The lowest BCUT2D eigenvalue weighted by Gasteiger charge is -2.37. The number of para-hydroxylation sites is 2. The lowest BCUT2D eigenvalue weighted by molar-refractivity contribution is -0.120. The van der Waals surface area contributed by atoms with Crippen molar-refractivity contribution in [3.8, 4) is 17.1 Å². The van der Waals surface area contributed by atoms with Crippen LogP contribution < -0.4 is 9.64 Å². The summed E-state index contributed by atoms with van der Waals surface area (Å²) in [6.45, 7) is 0.303. The summed E-state index contributed by atoms with van der Waals surface area (Å²) in [6.07, 6.45) is 0. The SMILES string of the molecule is O=C(Cn1nnc(-c2ccccc2Cl)n1)N1c2ccccc2OCC1c1ccccc1. The van der Waals surface area contributed by atoms with Gasteiger partial charge >= 0.3 is 0 Å². The van der Waals surface area contributed by atoms with Crippen LogP contribution >= 0.6 is 11.6 Å². The minimum atomic E-state index is -0.254. The first-order chi connectivity index (χ1) is 15.2. The average Bonchev–Trinajstić information content (AvgIpc) is 3.27. The van der Waals surface area contributed by atoms with Crippen LogP contribution in [-0.2, 0) is 11.3 Å². The predicted octanol–water partition coefficient (Wildman–Crippen LogP) is 4.16. The largest absolute Gasteiger partial charge is 0.489 e. The molecule has 1 unspecified atom stereocenters. The molecule has 0 aliphatic carbocycles. The zero-order valence-corrected chi connectivity index (χ0v) is 17.2. The lowest BCUT2D eigenvalue weighted by atomic mass is 10.0. The Bertz CT molecular complexity index is 1230. The van der Waals surface area contributed by atoms with Gasteiger partial charge in [-0.15, -0.1) is 10.2 Å². The van der Waals surface area contributed by atoms with E-state index in [9.17, 15) is 4.79 Å². The van der Waals surface area contributed by atoms with Crippen molar-refractivity contribution in [2.24, 2.45) is 0 Å². The number of carbonyl (C=O) groups is 1. The van der Waals surface area contributed by atoms with Crippen molar-refractivity contribution in [3.63, 3.8) is 0 Å². The van der Waals surface area contributed by atoms with Gasteiger partial charge in [0, 0.05) is 5.56 Å². The maximum absolute atomic E-state index is 13.4. The van der Waals surface area contributed by atoms with Crippen molar-refractivity contribution in [1.82, 2.24) is 20.2 Å². The number of ether oxygens (including phenoxy) is 1. The molecule has 7 nitrogen and oxygen atoms in total. The molecule has 8 heteroatoms. The van der Waals surface area contributed by atoms with Gasteiger partial charge < -0.3 is 4.74 Å². The predicted molar refractivity (Wildman–Crippen MR) is 117 cm³/mol. The van der Waals surface area contributed by atoms with Crippen LogP contribution in [0.2, 0.25) is 5.02 Å². The molecule has 0 saturated heterocycles. The van der Waals surface area contributed by atoms with Gasteiger partial charge in [-0.2, -0.15) is 4.80 Å². The Labute approximate surface area is 183 Å². The van der Waals surface area contributed by atoms with Gasteiger partial charge in [-0.1, -0.05) is 66.2 Å².